The van der Waals surface area contributed by atoms with Crippen LogP contribution in [0.5, 0.6) is 0 Å². The molecule has 1 aromatic carbocycles. The van der Waals surface area contributed by atoms with Gasteiger partial charge in [0.1, 0.15) is 0 Å². The van der Waals surface area contributed by atoms with Gasteiger partial charge in [0.25, 0.3) is 5.91 Å². The van der Waals surface area contributed by atoms with Crippen LogP contribution in [0.4, 0.5) is 0 Å². The molecular formula is C20H27N3O2. The number of amides is 1. The van der Waals surface area contributed by atoms with Crippen molar-refractivity contribution >= 4 is 16.8 Å². The number of benzene rings is 1. The number of carbonyl (C=O) groups excluding carboxylic acids is 1. The predicted molar refractivity (Wildman–Crippen MR) is 98.9 cm³/mol. The highest BCUT2D eigenvalue weighted by Crippen LogP contribution is 2.30. The van der Waals surface area contributed by atoms with Gasteiger partial charge in [-0.2, -0.15) is 0 Å². The van der Waals surface area contributed by atoms with E-state index < -0.39 is 0 Å². The Kier molecular flexibility index (Phi) is 4.52. The summed E-state index contributed by atoms with van der Waals surface area (Å²) in [6.07, 6.45) is 4.72. The molecule has 4 rings (SSSR count). The van der Waals surface area contributed by atoms with Crippen LogP contribution in [0.3, 0.4) is 0 Å². The lowest BCUT2D eigenvalue weighted by molar-refractivity contribution is 0.0493. The molecule has 2 aromatic rings. The Hall–Kier alpha value is -1.85. The first-order valence-electron chi connectivity index (χ1n) is 9.30. The molecule has 25 heavy (non-hydrogen) atoms. The van der Waals surface area contributed by atoms with E-state index in [1.165, 1.54) is 12.8 Å². The maximum Gasteiger partial charge on any atom is 0.253 e. The Morgan fingerprint density at radius 2 is 2.08 bits per heavy atom. The fourth-order valence-corrected chi connectivity index (χ4v) is 4.01. The third kappa shape index (κ3) is 3.31. The molecule has 0 radical (unpaired) electrons. The Morgan fingerprint density at radius 1 is 1.24 bits per heavy atom. The first kappa shape index (κ1) is 16.6. The minimum Gasteiger partial charge on any atom is -0.383 e. The number of nitrogens with zero attached hydrogens (tertiary/aromatic N) is 3. The summed E-state index contributed by atoms with van der Waals surface area (Å²) >= 11 is 0. The smallest absolute Gasteiger partial charge is 0.253 e. The number of fused-ring (bicyclic) bond motifs is 1. The van der Waals surface area contributed by atoms with Gasteiger partial charge in [-0.05, 0) is 44.0 Å². The highest BCUT2D eigenvalue weighted by atomic mass is 16.5. The minimum absolute atomic E-state index is 0.161. The number of hydrogen-bond acceptors (Lipinski definition) is 3. The van der Waals surface area contributed by atoms with Gasteiger partial charge in [-0.15, -0.1) is 0 Å². The van der Waals surface area contributed by atoms with E-state index in [1.807, 2.05) is 17.0 Å². The van der Waals surface area contributed by atoms with Crippen molar-refractivity contribution in [3.8, 4) is 0 Å². The molecule has 2 aliphatic rings. The van der Waals surface area contributed by atoms with Crippen LogP contribution in [0.25, 0.3) is 10.9 Å². The minimum atomic E-state index is 0.161. The summed E-state index contributed by atoms with van der Waals surface area (Å²) in [5, 5.41) is 1.12. The number of hydrogen-bond donors (Lipinski definition) is 0. The van der Waals surface area contributed by atoms with Crippen molar-refractivity contribution in [1.29, 1.82) is 0 Å². The lowest BCUT2D eigenvalue weighted by atomic mass is 10.1. The highest BCUT2D eigenvalue weighted by Gasteiger charge is 2.36. The molecule has 1 atom stereocenters. The molecule has 0 N–H and O–H groups in total. The van der Waals surface area contributed by atoms with E-state index in [0.717, 1.165) is 48.7 Å². The van der Waals surface area contributed by atoms with Gasteiger partial charge >= 0.3 is 0 Å². The summed E-state index contributed by atoms with van der Waals surface area (Å²) in [4.78, 5) is 17.5. The molecule has 2 fully saturated rings. The number of piperazine rings is 1. The fourth-order valence-electron chi connectivity index (χ4n) is 4.01. The van der Waals surface area contributed by atoms with Gasteiger partial charge in [0.05, 0.1) is 6.61 Å². The molecule has 0 bridgehead atoms. The van der Waals surface area contributed by atoms with Gasteiger partial charge in [-0.3, -0.25) is 9.69 Å². The summed E-state index contributed by atoms with van der Waals surface area (Å²) < 4.78 is 7.33. The van der Waals surface area contributed by atoms with Gasteiger partial charge < -0.3 is 14.2 Å². The first-order valence-corrected chi connectivity index (χ1v) is 9.30. The number of ether oxygens (including phenoxy) is 1. The number of methoxy groups -OCH3 is 1. The van der Waals surface area contributed by atoms with Crippen LogP contribution >= 0.6 is 0 Å². The van der Waals surface area contributed by atoms with Crippen molar-refractivity contribution in [1.82, 2.24) is 14.4 Å². The zero-order chi connectivity index (χ0) is 17.4. The van der Waals surface area contributed by atoms with Crippen molar-refractivity contribution in [3.05, 3.63) is 36.0 Å². The van der Waals surface area contributed by atoms with Crippen LogP contribution in [-0.2, 0) is 11.3 Å². The molecule has 2 heterocycles. The average molecular weight is 341 g/mol. The van der Waals surface area contributed by atoms with Crippen molar-refractivity contribution < 1.29 is 9.53 Å². The first-order chi connectivity index (χ1) is 12.2. The largest absolute Gasteiger partial charge is 0.383 e. The quantitative estimate of drug-likeness (QED) is 0.839. The van der Waals surface area contributed by atoms with Crippen LogP contribution in [-0.4, -0.2) is 65.7 Å². The number of rotatable bonds is 5. The molecule has 5 heteroatoms. The van der Waals surface area contributed by atoms with Gasteiger partial charge in [-0.1, -0.05) is 0 Å². The zero-order valence-electron chi connectivity index (χ0n) is 15.1. The summed E-state index contributed by atoms with van der Waals surface area (Å²) in [5.41, 5.74) is 1.95. The summed E-state index contributed by atoms with van der Waals surface area (Å²) in [6.45, 7) is 6.44. The van der Waals surface area contributed by atoms with Gasteiger partial charge in [0, 0.05) is 68.0 Å². The second-order valence-corrected chi connectivity index (χ2v) is 7.34. The van der Waals surface area contributed by atoms with E-state index >= 15 is 0 Å². The van der Waals surface area contributed by atoms with E-state index in [0.29, 0.717) is 12.6 Å². The molecule has 0 spiro atoms. The maximum atomic E-state index is 12.9. The number of aromatic nitrogens is 1. The van der Waals surface area contributed by atoms with E-state index in [2.05, 4.69) is 34.7 Å². The topological polar surface area (TPSA) is 37.7 Å². The molecule has 1 aromatic heterocycles. The molecular weight excluding hydrogens is 314 g/mol. The second-order valence-electron chi connectivity index (χ2n) is 7.34. The highest BCUT2D eigenvalue weighted by molar-refractivity contribution is 5.98. The molecule has 1 aliphatic heterocycles. The fraction of sp³-hybridized carbons (Fsp3) is 0.550. The van der Waals surface area contributed by atoms with Gasteiger partial charge in [0.2, 0.25) is 0 Å². The maximum absolute atomic E-state index is 12.9. The summed E-state index contributed by atoms with van der Waals surface area (Å²) in [7, 11) is 1.71. The van der Waals surface area contributed by atoms with Crippen molar-refractivity contribution in [3.63, 3.8) is 0 Å². The lowest BCUT2D eigenvalue weighted by Gasteiger charge is -2.40. The van der Waals surface area contributed by atoms with E-state index in [1.54, 1.807) is 7.11 Å². The van der Waals surface area contributed by atoms with Gasteiger partial charge in [-0.25, -0.2) is 0 Å². The Morgan fingerprint density at radius 3 is 2.80 bits per heavy atom. The van der Waals surface area contributed by atoms with Crippen LogP contribution in [0.15, 0.2) is 30.5 Å². The van der Waals surface area contributed by atoms with Crippen molar-refractivity contribution in [2.75, 3.05) is 33.4 Å². The molecule has 1 amide bonds. The molecule has 1 saturated heterocycles. The van der Waals surface area contributed by atoms with Crippen LogP contribution in [0.1, 0.15) is 30.1 Å². The van der Waals surface area contributed by atoms with Crippen LogP contribution in [0.2, 0.25) is 0 Å². The Balaban J connectivity index is 1.48. The van der Waals surface area contributed by atoms with E-state index in [-0.39, 0.29) is 5.91 Å². The normalized spacial score (nSPS) is 21.8. The second kappa shape index (κ2) is 6.81. The molecule has 1 aliphatic carbocycles. The van der Waals surface area contributed by atoms with Gasteiger partial charge in [0.15, 0.2) is 0 Å². The Labute approximate surface area is 149 Å². The summed E-state index contributed by atoms with van der Waals surface area (Å²) in [6, 6.07) is 9.36. The third-order valence-electron chi connectivity index (χ3n) is 5.54. The van der Waals surface area contributed by atoms with Crippen LogP contribution < -0.4 is 0 Å². The molecule has 1 unspecified atom stereocenters. The standard InChI is InChI=1S/C20H27N3O2/c1-15-14-22(9-10-23(15)18-4-5-18)20(24)17-3-6-19-16(13-17)7-8-21(19)11-12-25-2/h3,6-8,13,15,18H,4-5,9-12,14H2,1-2H3. The molecule has 134 valence electrons. The number of carbonyl (C=O) groups is 1. The Bertz CT molecular complexity index is 765. The molecule has 5 nitrogen and oxygen atoms in total. The van der Waals surface area contributed by atoms with Crippen LogP contribution in [0, 0.1) is 0 Å². The lowest BCUT2D eigenvalue weighted by Crippen LogP contribution is -2.54. The van der Waals surface area contributed by atoms with E-state index in [4.69, 9.17) is 4.74 Å². The van der Waals surface area contributed by atoms with Crippen molar-refractivity contribution in [2.24, 2.45) is 0 Å². The summed E-state index contributed by atoms with van der Waals surface area (Å²) in [5.74, 6) is 0.161. The predicted octanol–water partition coefficient (Wildman–Crippen LogP) is 2.60. The van der Waals surface area contributed by atoms with Crippen molar-refractivity contribution in [2.45, 2.75) is 38.4 Å². The monoisotopic (exact) mass is 341 g/mol. The average Bonchev–Trinajstić information content (AvgIpc) is 3.39. The third-order valence-corrected chi connectivity index (χ3v) is 5.54. The SMILES string of the molecule is COCCn1ccc2cc(C(=O)N3CCN(C4CC4)C(C)C3)ccc21. The van der Waals surface area contributed by atoms with E-state index in [9.17, 15) is 4.79 Å². The zero-order valence-corrected chi connectivity index (χ0v) is 15.1. The molecule has 1 saturated carbocycles.